The van der Waals surface area contributed by atoms with E-state index in [2.05, 4.69) is 10.3 Å². The number of amides is 1. The molecular formula is C21H18ClFN2O3. The lowest BCUT2D eigenvalue weighted by Gasteiger charge is -2.13. The van der Waals surface area contributed by atoms with Gasteiger partial charge < -0.3 is 10.1 Å². The lowest BCUT2D eigenvalue weighted by Crippen LogP contribution is -2.22. The fourth-order valence-electron chi connectivity index (χ4n) is 2.95. The standard InChI is InChI=1S/C21H18ClFN2O3/c1-3-16-20(12(2)14-6-4-5-7-17(14)24-16)21(27)28-11-19(26)25-18-10-13(22)8-9-15(18)23/h4-10H,3,11H2,1-2H3,(H,25,26). The van der Waals surface area contributed by atoms with Gasteiger partial charge in [-0.25, -0.2) is 9.18 Å². The number of rotatable bonds is 5. The molecule has 0 aliphatic rings. The predicted molar refractivity (Wildman–Crippen MR) is 106 cm³/mol. The van der Waals surface area contributed by atoms with Crippen molar-refractivity contribution in [3.63, 3.8) is 0 Å². The predicted octanol–water partition coefficient (Wildman–Crippen LogP) is 4.69. The number of nitrogens with zero attached hydrogens (tertiary/aromatic N) is 1. The van der Waals surface area contributed by atoms with Gasteiger partial charge in [0.15, 0.2) is 6.61 Å². The van der Waals surface area contributed by atoms with Crippen LogP contribution in [0.5, 0.6) is 0 Å². The molecule has 1 amide bonds. The first kappa shape index (κ1) is 19.8. The minimum atomic E-state index is -0.668. The van der Waals surface area contributed by atoms with Crippen LogP contribution in [0.15, 0.2) is 42.5 Å². The van der Waals surface area contributed by atoms with Gasteiger partial charge in [0.25, 0.3) is 5.91 Å². The number of benzene rings is 2. The number of nitrogens with one attached hydrogen (secondary N) is 1. The van der Waals surface area contributed by atoms with Crippen LogP contribution in [-0.2, 0) is 16.0 Å². The van der Waals surface area contributed by atoms with Gasteiger partial charge in [-0.15, -0.1) is 0 Å². The van der Waals surface area contributed by atoms with Crippen molar-refractivity contribution in [2.75, 3.05) is 11.9 Å². The molecule has 1 aromatic heterocycles. The second-order valence-corrected chi connectivity index (χ2v) is 6.61. The van der Waals surface area contributed by atoms with E-state index in [1.165, 1.54) is 12.1 Å². The average Bonchev–Trinajstić information content (AvgIpc) is 2.68. The van der Waals surface area contributed by atoms with Gasteiger partial charge in [0.05, 0.1) is 22.5 Å². The number of hydrogen-bond acceptors (Lipinski definition) is 4. The zero-order valence-electron chi connectivity index (χ0n) is 15.4. The molecule has 5 nitrogen and oxygen atoms in total. The summed E-state index contributed by atoms with van der Waals surface area (Å²) < 4.78 is 18.9. The number of aryl methyl sites for hydroxylation is 2. The molecule has 144 valence electrons. The maximum atomic E-state index is 13.7. The largest absolute Gasteiger partial charge is 0.452 e. The zero-order valence-corrected chi connectivity index (χ0v) is 16.1. The minimum Gasteiger partial charge on any atom is -0.452 e. The lowest BCUT2D eigenvalue weighted by atomic mass is 10.0. The average molecular weight is 401 g/mol. The van der Waals surface area contributed by atoms with E-state index in [1.54, 1.807) is 0 Å². The number of carbonyl (C=O) groups excluding carboxylic acids is 2. The highest BCUT2D eigenvalue weighted by Crippen LogP contribution is 2.24. The number of esters is 1. The van der Waals surface area contributed by atoms with E-state index in [4.69, 9.17) is 16.3 Å². The third-order valence-corrected chi connectivity index (χ3v) is 4.54. The van der Waals surface area contributed by atoms with Crippen LogP contribution in [-0.4, -0.2) is 23.5 Å². The van der Waals surface area contributed by atoms with Crippen LogP contribution in [0.1, 0.15) is 28.5 Å². The first-order valence-corrected chi connectivity index (χ1v) is 9.08. The Morgan fingerprint density at radius 1 is 1.21 bits per heavy atom. The first-order valence-electron chi connectivity index (χ1n) is 8.71. The number of ether oxygens (including phenoxy) is 1. The highest BCUT2D eigenvalue weighted by molar-refractivity contribution is 6.30. The molecule has 7 heteroatoms. The van der Waals surface area contributed by atoms with Crippen LogP contribution in [0.2, 0.25) is 5.02 Å². The monoisotopic (exact) mass is 400 g/mol. The van der Waals surface area contributed by atoms with E-state index in [9.17, 15) is 14.0 Å². The number of anilines is 1. The summed E-state index contributed by atoms with van der Waals surface area (Å²) in [5.74, 6) is -1.94. The van der Waals surface area contributed by atoms with Gasteiger partial charge in [-0.2, -0.15) is 0 Å². The number of carbonyl (C=O) groups is 2. The Hall–Kier alpha value is -2.99. The fourth-order valence-corrected chi connectivity index (χ4v) is 3.12. The van der Waals surface area contributed by atoms with Crippen molar-refractivity contribution in [2.45, 2.75) is 20.3 Å². The number of fused-ring (bicyclic) bond motifs is 1. The van der Waals surface area contributed by atoms with Crippen molar-refractivity contribution < 1.29 is 18.7 Å². The molecule has 3 aromatic rings. The SMILES string of the molecule is CCc1nc2ccccc2c(C)c1C(=O)OCC(=O)Nc1cc(Cl)ccc1F. The molecule has 1 heterocycles. The Balaban J connectivity index is 1.77. The molecule has 0 atom stereocenters. The number of halogens is 2. The van der Waals surface area contributed by atoms with E-state index >= 15 is 0 Å². The molecule has 0 bridgehead atoms. The summed E-state index contributed by atoms with van der Waals surface area (Å²) in [6.07, 6.45) is 0.538. The molecule has 0 radical (unpaired) electrons. The van der Waals surface area contributed by atoms with Crippen molar-refractivity contribution in [2.24, 2.45) is 0 Å². The molecule has 0 saturated heterocycles. The number of aromatic nitrogens is 1. The van der Waals surface area contributed by atoms with Crippen molar-refractivity contribution in [1.29, 1.82) is 0 Å². The van der Waals surface area contributed by atoms with Crippen molar-refractivity contribution >= 4 is 40.1 Å². The number of pyridine rings is 1. The van der Waals surface area contributed by atoms with Crippen LogP contribution < -0.4 is 5.32 Å². The number of hydrogen-bond donors (Lipinski definition) is 1. The summed E-state index contributed by atoms with van der Waals surface area (Å²) in [4.78, 5) is 29.2. The van der Waals surface area contributed by atoms with E-state index in [0.29, 0.717) is 17.7 Å². The molecule has 0 unspecified atom stereocenters. The van der Waals surface area contributed by atoms with Gasteiger partial charge in [0.2, 0.25) is 0 Å². The van der Waals surface area contributed by atoms with Crippen LogP contribution >= 0.6 is 11.6 Å². The maximum Gasteiger partial charge on any atom is 0.340 e. The van der Waals surface area contributed by atoms with E-state index in [0.717, 1.165) is 22.5 Å². The smallest absolute Gasteiger partial charge is 0.340 e. The zero-order chi connectivity index (χ0) is 20.3. The second kappa shape index (κ2) is 8.35. The Labute approximate surface area is 166 Å². The van der Waals surface area contributed by atoms with Crippen LogP contribution in [0.4, 0.5) is 10.1 Å². The molecule has 0 aliphatic heterocycles. The van der Waals surface area contributed by atoms with Crippen LogP contribution in [0, 0.1) is 12.7 Å². The minimum absolute atomic E-state index is 0.0775. The van der Waals surface area contributed by atoms with Gasteiger partial charge in [0.1, 0.15) is 5.82 Å². The molecule has 2 aromatic carbocycles. The number of para-hydroxylation sites is 1. The van der Waals surface area contributed by atoms with Crippen LogP contribution in [0.3, 0.4) is 0 Å². The van der Waals surface area contributed by atoms with Crippen molar-refractivity contribution in [3.8, 4) is 0 Å². The normalized spacial score (nSPS) is 10.7. The molecular weight excluding hydrogens is 383 g/mol. The molecule has 3 rings (SSSR count). The highest BCUT2D eigenvalue weighted by Gasteiger charge is 2.20. The van der Waals surface area contributed by atoms with E-state index in [1.807, 2.05) is 38.1 Å². The van der Waals surface area contributed by atoms with Gasteiger partial charge in [0, 0.05) is 10.4 Å². The summed E-state index contributed by atoms with van der Waals surface area (Å²) in [7, 11) is 0. The summed E-state index contributed by atoms with van der Waals surface area (Å²) in [6.45, 7) is 3.16. The lowest BCUT2D eigenvalue weighted by molar-refractivity contribution is -0.119. The van der Waals surface area contributed by atoms with Gasteiger partial charge >= 0.3 is 5.97 Å². The third-order valence-electron chi connectivity index (χ3n) is 4.30. The Kier molecular flexibility index (Phi) is 5.90. The summed E-state index contributed by atoms with van der Waals surface area (Å²) in [5.41, 5.74) is 2.41. The highest BCUT2D eigenvalue weighted by atomic mass is 35.5. The fraction of sp³-hybridized carbons (Fsp3) is 0.190. The topological polar surface area (TPSA) is 68.3 Å². The molecule has 28 heavy (non-hydrogen) atoms. The van der Waals surface area contributed by atoms with Gasteiger partial charge in [-0.3, -0.25) is 9.78 Å². The summed E-state index contributed by atoms with van der Waals surface area (Å²) in [5, 5.41) is 3.46. The first-order chi connectivity index (χ1) is 13.4. The Morgan fingerprint density at radius 3 is 2.71 bits per heavy atom. The van der Waals surface area contributed by atoms with Crippen LogP contribution in [0.25, 0.3) is 10.9 Å². The molecule has 1 N–H and O–H groups in total. The molecule has 0 saturated carbocycles. The molecule has 0 fully saturated rings. The molecule has 0 aliphatic carbocycles. The van der Waals surface area contributed by atoms with Crippen molar-refractivity contribution in [1.82, 2.24) is 4.98 Å². The molecule has 0 spiro atoms. The second-order valence-electron chi connectivity index (χ2n) is 6.18. The third kappa shape index (κ3) is 4.12. The van der Waals surface area contributed by atoms with Gasteiger partial charge in [-0.05, 0) is 43.2 Å². The summed E-state index contributed by atoms with van der Waals surface area (Å²) >= 11 is 5.80. The summed E-state index contributed by atoms with van der Waals surface area (Å²) in [6, 6.07) is 11.3. The van der Waals surface area contributed by atoms with Gasteiger partial charge in [-0.1, -0.05) is 36.7 Å². The Morgan fingerprint density at radius 2 is 1.96 bits per heavy atom. The maximum absolute atomic E-state index is 13.7. The van der Waals surface area contributed by atoms with E-state index < -0.39 is 24.3 Å². The van der Waals surface area contributed by atoms with Crippen molar-refractivity contribution in [3.05, 3.63) is 70.1 Å². The van der Waals surface area contributed by atoms with E-state index in [-0.39, 0.29) is 10.7 Å². The quantitative estimate of drug-likeness (QED) is 0.630. The Bertz CT molecular complexity index is 1070.